The lowest BCUT2D eigenvalue weighted by molar-refractivity contribution is 0.302. The zero-order valence-corrected chi connectivity index (χ0v) is 10.6. The molecule has 1 aliphatic carbocycles. The van der Waals surface area contributed by atoms with E-state index in [2.05, 4.69) is 23.2 Å². The molecule has 3 rings (SSSR count). The van der Waals surface area contributed by atoms with Gasteiger partial charge in [0.1, 0.15) is 0 Å². The van der Waals surface area contributed by atoms with Gasteiger partial charge in [0.2, 0.25) is 0 Å². The molecular formula is C13H14ClNS. The van der Waals surface area contributed by atoms with Gasteiger partial charge in [0, 0.05) is 11.8 Å². The lowest BCUT2D eigenvalue weighted by Crippen LogP contribution is -2.24. The Morgan fingerprint density at radius 1 is 1.38 bits per heavy atom. The number of alkyl halides is 1. The molecule has 0 aliphatic heterocycles. The molecule has 0 amide bonds. The molecule has 0 radical (unpaired) electrons. The lowest BCUT2D eigenvalue weighted by Gasteiger charge is -2.29. The second-order valence-electron chi connectivity index (χ2n) is 4.49. The number of fused-ring (bicyclic) bond motifs is 1. The monoisotopic (exact) mass is 251 g/mol. The lowest BCUT2D eigenvalue weighted by atomic mass is 9.82. The molecule has 1 aliphatic rings. The number of rotatable bonds is 3. The SMILES string of the molecule is ClC(Cc1nc2ccccc2s1)C1CCC1. The average Bonchev–Trinajstić information content (AvgIpc) is 2.56. The van der Waals surface area contributed by atoms with Crippen LogP contribution in [0.2, 0.25) is 0 Å². The summed E-state index contributed by atoms with van der Waals surface area (Å²) in [5.74, 6) is 0.730. The molecule has 0 bridgehead atoms. The van der Waals surface area contributed by atoms with Gasteiger partial charge in [-0.2, -0.15) is 0 Å². The van der Waals surface area contributed by atoms with Crippen molar-refractivity contribution in [3.05, 3.63) is 29.3 Å². The van der Waals surface area contributed by atoms with Crippen LogP contribution in [0.1, 0.15) is 24.3 Å². The number of halogens is 1. The minimum atomic E-state index is 0.286. The summed E-state index contributed by atoms with van der Waals surface area (Å²) in [5, 5.41) is 1.47. The van der Waals surface area contributed by atoms with E-state index in [1.807, 2.05) is 6.07 Å². The Morgan fingerprint density at radius 2 is 2.19 bits per heavy atom. The number of thiazole rings is 1. The Bertz CT molecular complexity index is 456. The first kappa shape index (κ1) is 10.5. The number of hydrogen-bond acceptors (Lipinski definition) is 2. The molecule has 1 aromatic carbocycles. The van der Waals surface area contributed by atoms with Gasteiger partial charge in [0.05, 0.1) is 15.2 Å². The molecule has 0 N–H and O–H groups in total. The summed E-state index contributed by atoms with van der Waals surface area (Å²) in [5.41, 5.74) is 1.11. The Labute approximate surface area is 104 Å². The van der Waals surface area contributed by atoms with Crippen molar-refractivity contribution in [1.82, 2.24) is 4.98 Å². The van der Waals surface area contributed by atoms with Crippen molar-refractivity contribution in [3.63, 3.8) is 0 Å². The van der Waals surface area contributed by atoms with Gasteiger partial charge in [-0.3, -0.25) is 0 Å². The summed E-state index contributed by atoms with van der Waals surface area (Å²) in [6.45, 7) is 0. The van der Waals surface area contributed by atoms with Crippen molar-refractivity contribution >= 4 is 33.2 Å². The van der Waals surface area contributed by atoms with Crippen LogP contribution in [0.4, 0.5) is 0 Å². The van der Waals surface area contributed by atoms with E-state index in [0.717, 1.165) is 17.9 Å². The van der Waals surface area contributed by atoms with E-state index in [9.17, 15) is 0 Å². The first-order chi connectivity index (χ1) is 7.83. The quantitative estimate of drug-likeness (QED) is 0.744. The van der Waals surface area contributed by atoms with Crippen molar-refractivity contribution in [3.8, 4) is 0 Å². The Hall–Kier alpha value is -0.600. The third-order valence-corrected chi connectivity index (χ3v) is 4.94. The fourth-order valence-corrected chi connectivity index (χ4v) is 3.66. The van der Waals surface area contributed by atoms with E-state index in [0.29, 0.717) is 0 Å². The molecule has 3 heteroatoms. The van der Waals surface area contributed by atoms with Gasteiger partial charge in [-0.15, -0.1) is 22.9 Å². The molecule has 1 fully saturated rings. The maximum Gasteiger partial charge on any atom is 0.0953 e. The third kappa shape index (κ3) is 1.96. The first-order valence-corrected chi connectivity index (χ1v) is 7.07. The maximum absolute atomic E-state index is 6.41. The molecule has 2 aromatic rings. The second-order valence-corrected chi connectivity index (χ2v) is 6.16. The van der Waals surface area contributed by atoms with E-state index in [4.69, 9.17) is 11.6 Å². The van der Waals surface area contributed by atoms with Crippen LogP contribution in [0, 0.1) is 5.92 Å². The molecule has 1 saturated carbocycles. The number of para-hydroxylation sites is 1. The van der Waals surface area contributed by atoms with Crippen molar-refractivity contribution < 1.29 is 0 Å². The summed E-state index contributed by atoms with van der Waals surface area (Å²) < 4.78 is 1.27. The summed E-state index contributed by atoms with van der Waals surface area (Å²) in [6, 6.07) is 8.30. The topological polar surface area (TPSA) is 12.9 Å². The smallest absolute Gasteiger partial charge is 0.0953 e. The Balaban J connectivity index is 1.78. The average molecular weight is 252 g/mol. The van der Waals surface area contributed by atoms with Crippen LogP contribution in [0.25, 0.3) is 10.2 Å². The van der Waals surface area contributed by atoms with E-state index in [-0.39, 0.29) is 5.38 Å². The number of nitrogens with zero attached hydrogens (tertiary/aromatic N) is 1. The molecule has 1 unspecified atom stereocenters. The largest absolute Gasteiger partial charge is 0.241 e. The second kappa shape index (κ2) is 4.34. The standard InChI is InChI=1S/C13H14ClNS/c14-10(9-4-3-5-9)8-13-15-11-6-1-2-7-12(11)16-13/h1-2,6-7,9-10H,3-5,8H2. The van der Waals surface area contributed by atoms with Gasteiger partial charge in [-0.1, -0.05) is 18.6 Å². The highest BCUT2D eigenvalue weighted by atomic mass is 35.5. The molecule has 1 heterocycles. The van der Waals surface area contributed by atoms with Crippen LogP contribution in [0.5, 0.6) is 0 Å². The first-order valence-electron chi connectivity index (χ1n) is 5.81. The molecule has 16 heavy (non-hydrogen) atoms. The summed E-state index contributed by atoms with van der Waals surface area (Å²) in [4.78, 5) is 4.63. The highest BCUT2D eigenvalue weighted by Gasteiger charge is 2.26. The predicted molar refractivity (Wildman–Crippen MR) is 70.3 cm³/mol. The molecule has 84 valence electrons. The van der Waals surface area contributed by atoms with Gasteiger partial charge in [0.25, 0.3) is 0 Å². The van der Waals surface area contributed by atoms with E-state index >= 15 is 0 Å². The summed E-state index contributed by atoms with van der Waals surface area (Å²) in [7, 11) is 0. The zero-order valence-electron chi connectivity index (χ0n) is 9.03. The minimum absolute atomic E-state index is 0.286. The van der Waals surface area contributed by atoms with Crippen LogP contribution in [-0.4, -0.2) is 10.4 Å². The minimum Gasteiger partial charge on any atom is -0.241 e. The Kier molecular flexibility index (Phi) is 2.86. The number of benzene rings is 1. The van der Waals surface area contributed by atoms with Crippen LogP contribution in [0.3, 0.4) is 0 Å². The van der Waals surface area contributed by atoms with Gasteiger partial charge in [-0.25, -0.2) is 4.98 Å². The highest BCUT2D eigenvalue weighted by molar-refractivity contribution is 7.18. The summed E-state index contributed by atoms with van der Waals surface area (Å²) in [6.07, 6.45) is 4.90. The number of hydrogen-bond donors (Lipinski definition) is 0. The Morgan fingerprint density at radius 3 is 2.88 bits per heavy atom. The predicted octanol–water partition coefficient (Wildman–Crippen LogP) is 4.25. The molecule has 1 atom stereocenters. The van der Waals surface area contributed by atoms with Crippen molar-refractivity contribution in [2.45, 2.75) is 31.1 Å². The van der Waals surface area contributed by atoms with Crippen molar-refractivity contribution in [2.75, 3.05) is 0 Å². The van der Waals surface area contributed by atoms with Gasteiger partial charge < -0.3 is 0 Å². The van der Waals surface area contributed by atoms with E-state index in [1.54, 1.807) is 11.3 Å². The van der Waals surface area contributed by atoms with Crippen LogP contribution < -0.4 is 0 Å². The van der Waals surface area contributed by atoms with Gasteiger partial charge >= 0.3 is 0 Å². The van der Waals surface area contributed by atoms with Crippen molar-refractivity contribution in [1.29, 1.82) is 0 Å². The van der Waals surface area contributed by atoms with Crippen molar-refractivity contribution in [2.24, 2.45) is 5.92 Å². The fraction of sp³-hybridized carbons (Fsp3) is 0.462. The van der Waals surface area contributed by atoms with Crippen LogP contribution in [-0.2, 0) is 6.42 Å². The van der Waals surface area contributed by atoms with Crippen LogP contribution >= 0.6 is 22.9 Å². The fourth-order valence-electron chi connectivity index (χ4n) is 2.14. The van der Waals surface area contributed by atoms with Gasteiger partial charge in [-0.05, 0) is 30.9 Å². The van der Waals surface area contributed by atoms with Crippen LogP contribution in [0.15, 0.2) is 24.3 Å². The van der Waals surface area contributed by atoms with E-state index in [1.165, 1.54) is 29.0 Å². The molecule has 1 aromatic heterocycles. The molecular weight excluding hydrogens is 238 g/mol. The molecule has 0 saturated heterocycles. The van der Waals surface area contributed by atoms with E-state index < -0.39 is 0 Å². The number of aromatic nitrogens is 1. The zero-order chi connectivity index (χ0) is 11.0. The molecule has 0 spiro atoms. The maximum atomic E-state index is 6.41. The molecule has 1 nitrogen and oxygen atoms in total. The normalized spacial score (nSPS) is 18.6. The summed E-state index contributed by atoms with van der Waals surface area (Å²) >= 11 is 8.19. The third-order valence-electron chi connectivity index (χ3n) is 3.37. The van der Waals surface area contributed by atoms with Gasteiger partial charge in [0.15, 0.2) is 0 Å². The highest BCUT2D eigenvalue weighted by Crippen LogP contribution is 2.35.